The predicted octanol–water partition coefficient (Wildman–Crippen LogP) is 11.7. The van der Waals surface area contributed by atoms with Crippen LogP contribution >= 0.6 is 7.82 Å². The van der Waals surface area contributed by atoms with Gasteiger partial charge in [-0.05, 0) is 70.6 Å². The Labute approximate surface area is 327 Å². The number of carbonyl (C=O) groups is 1. The lowest BCUT2D eigenvalue weighted by atomic mass is 10.1. The van der Waals surface area contributed by atoms with Crippen LogP contribution in [0.5, 0.6) is 0 Å². The highest BCUT2D eigenvalue weighted by Crippen LogP contribution is 2.38. The summed E-state index contributed by atoms with van der Waals surface area (Å²) in [6, 6.07) is 0. The van der Waals surface area contributed by atoms with Crippen molar-refractivity contribution in [2.24, 2.45) is 0 Å². The van der Waals surface area contributed by atoms with E-state index >= 15 is 0 Å². The predicted molar refractivity (Wildman–Crippen MR) is 222 cm³/mol. The van der Waals surface area contributed by atoms with Crippen LogP contribution in [0.3, 0.4) is 0 Å². The Morgan fingerprint density at radius 2 is 1.09 bits per heavy atom. The molecule has 0 amide bonds. The van der Waals surface area contributed by atoms with Gasteiger partial charge in [-0.1, -0.05) is 140 Å². The fourth-order valence-corrected chi connectivity index (χ4v) is 6.28. The maximum absolute atomic E-state index is 12.6. The molecule has 53 heavy (non-hydrogen) atoms. The summed E-state index contributed by atoms with van der Waals surface area (Å²) >= 11 is 0. The number of allylic oxidation sites excluding steroid dienone is 8. The molecule has 8 nitrogen and oxygen atoms in total. The van der Waals surface area contributed by atoms with E-state index in [1.54, 1.807) is 0 Å². The number of ether oxygens (including phenoxy) is 2. The fraction of sp³-hybridized carbons (Fsp3) is 0.795. The number of quaternary nitrogens is 1. The third kappa shape index (κ3) is 41.5. The molecular weight excluding hydrogens is 685 g/mol. The summed E-state index contributed by atoms with van der Waals surface area (Å²) in [7, 11) is 1.34. The smallest absolute Gasteiger partial charge is 0.306 e. The molecule has 0 aliphatic rings. The third-order valence-corrected chi connectivity index (χ3v) is 9.83. The van der Waals surface area contributed by atoms with Crippen LogP contribution in [0.2, 0.25) is 0 Å². The minimum atomic E-state index is -4.53. The molecule has 0 heterocycles. The lowest BCUT2D eigenvalue weighted by Gasteiger charge is -2.28. The van der Waals surface area contributed by atoms with Crippen LogP contribution < -0.4 is 4.89 Å². The van der Waals surface area contributed by atoms with E-state index in [2.05, 4.69) is 62.5 Å². The van der Waals surface area contributed by atoms with Crippen LogP contribution in [0.15, 0.2) is 48.6 Å². The Morgan fingerprint density at radius 1 is 0.604 bits per heavy atom. The van der Waals surface area contributed by atoms with Crippen molar-refractivity contribution in [3.8, 4) is 0 Å². The summed E-state index contributed by atoms with van der Waals surface area (Å²) in [6.07, 6.45) is 44.0. The molecule has 0 saturated heterocycles. The quantitative estimate of drug-likeness (QED) is 0.0202. The van der Waals surface area contributed by atoms with Crippen LogP contribution in [0.25, 0.3) is 0 Å². The Balaban J connectivity index is 4.25. The number of rotatable bonds is 39. The van der Waals surface area contributed by atoms with E-state index in [-0.39, 0.29) is 25.8 Å². The summed E-state index contributed by atoms with van der Waals surface area (Å²) < 4.78 is 34.5. The van der Waals surface area contributed by atoms with Crippen molar-refractivity contribution in [3.63, 3.8) is 0 Å². The third-order valence-electron chi connectivity index (χ3n) is 8.86. The molecule has 0 bridgehead atoms. The molecular formula is C44H82NO7P. The van der Waals surface area contributed by atoms with E-state index < -0.39 is 13.9 Å². The second-order valence-electron chi connectivity index (χ2n) is 15.3. The van der Waals surface area contributed by atoms with E-state index in [4.69, 9.17) is 18.5 Å². The second kappa shape index (κ2) is 37.4. The topological polar surface area (TPSA) is 94.1 Å². The number of unbranched alkanes of at least 4 members (excludes halogenated alkanes) is 17. The first-order chi connectivity index (χ1) is 25.6. The molecule has 0 aromatic carbocycles. The van der Waals surface area contributed by atoms with E-state index in [0.717, 1.165) is 70.6 Å². The highest BCUT2D eigenvalue weighted by molar-refractivity contribution is 7.45. The van der Waals surface area contributed by atoms with Gasteiger partial charge in [0.05, 0.1) is 34.4 Å². The molecule has 0 fully saturated rings. The van der Waals surface area contributed by atoms with Gasteiger partial charge >= 0.3 is 5.97 Å². The van der Waals surface area contributed by atoms with E-state index in [0.29, 0.717) is 24.1 Å². The summed E-state index contributed by atoms with van der Waals surface area (Å²) in [6.45, 7) is 5.25. The maximum Gasteiger partial charge on any atom is 0.306 e. The van der Waals surface area contributed by atoms with Crippen LogP contribution in [0.1, 0.15) is 168 Å². The molecule has 0 spiro atoms. The van der Waals surface area contributed by atoms with Gasteiger partial charge in [-0.3, -0.25) is 9.36 Å². The molecule has 0 aliphatic carbocycles. The van der Waals surface area contributed by atoms with Crippen molar-refractivity contribution in [2.45, 2.75) is 174 Å². The summed E-state index contributed by atoms with van der Waals surface area (Å²) in [5.74, 6) is -0.348. The molecule has 0 aliphatic heterocycles. The van der Waals surface area contributed by atoms with Crippen molar-refractivity contribution in [3.05, 3.63) is 48.6 Å². The van der Waals surface area contributed by atoms with Crippen molar-refractivity contribution < 1.29 is 37.3 Å². The largest absolute Gasteiger partial charge is 0.756 e. The van der Waals surface area contributed by atoms with Gasteiger partial charge in [-0.15, -0.1) is 0 Å². The minimum Gasteiger partial charge on any atom is -0.756 e. The SMILES string of the molecule is CC/C=C\C/C=C\C/C=C\CCCCCCCCCCOCC(COP(=O)([O-])OCC[N+](C)(C)C)OC(=O)CCCCCCC/C=C\CCCCCC. The van der Waals surface area contributed by atoms with E-state index in [1.165, 1.54) is 77.0 Å². The fourth-order valence-electron chi connectivity index (χ4n) is 5.55. The molecule has 2 unspecified atom stereocenters. The minimum absolute atomic E-state index is 0.0215. The van der Waals surface area contributed by atoms with Gasteiger partial charge in [-0.2, -0.15) is 0 Å². The van der Waals surface area contributed by atoms with Crippen LogP contribution in [-0.2, 0) is 27.9 Å². The Hall–Kier alpha value is -1.54. The summed E-state index contributed by atoms with van der Waals surface area (Å²) in [5, 5.41) is 0. The Morgan fingerprint density at radius 3 is 1.66 bits per heavy atom. The molecule has 0 rings (SSSR count). The average molecular weight is 768 g/mol. The van der Waals surface area contributed by atoms with E-state index in [1.807, 2.05) is 21.1 Å². The van der Waals surface area contributed by atoms with Gasteiger partial charge in [-0.25, -0.2) is 0 Å². The summed E-state index contributed by atoms with van der Waals surface area (Å²) in [4.78, 5) is 25.0. The zero-order valence-corrected chi connectivity index (χ0v) is 35.8. The van der Waals surface area contributed by atoms with Gasteiger partial charge in [0.2, 0.25) is 0 Å². The van der Waals surface area contributed by atoms with Crippen LogP contribution in [-0.4, -0.2) is 70.7 Å². The number of esters is 1. The van der Waals surface area contributed by atoms with Crippen molar-refractivity contribution in [2.75, 3.05) is 54.1 Å². The molecule has 0 aromatic rings. The van der Waals surface area contributed by atoms with Gasteiger partial charge in [0.1, 0.15) is 19.3 Å². The van der Waals surface area contributed by atoms with Crippen LogP contribution in [0.4, 0.5) is 0 Å². The monoisotopic (exact) mass is 768 g/mol. The molecule has 9 heteroatoms. The number of hydrogen-bond acceptors (Lipinski definition) is 7. The Kier molecular flexibility index (Phi) is 36.3. The van der Waals surface area contributed by atoms with Gasteiger partial charge in [0.15, 0.2) is 0 Å². The van der Waals surface area contributed by atoms with Crippen molar-refractivity contribution in [1.29, 1.82) is 0 Å². The molecule has 0 N–H and O–H groups in total. The first-order valence-corrected chi connectivity index (χ1v) is 22.8. The first kappa shape index (κ1) is 51.5. The summed E-state index contributed by atoms with van der Waals surface area (Å²) in [5.41, 5.74) is 0. The molecule has 0 radical (unpaired) electrons. The number of likely N-dealkylation sites (N-methyl/N-ethyl adjacent to an activating group) is 1. The normalized spacial score (nSPS) is 14.3. The zero-order valence-electron chi connectivity index (χ0n) is 35.0. The van der Waals surface area contributed by atoms with Crippen LogP contribution in [0, 0.1) is 0 Å². The second-order valence-corrected chi connectivity index (χ2v) is 16.7. The molecule has 2 atom stereocenters. The molecule has 310 valence electrons. The molecule has 0 aromatic heterocycles. The Bertz CT molecular complexity index is 989. The maximum atomic E-state index is 12.6. The number of phosphoric acid groups is 1. The average Bonchev–Trinajstić information content (AvgIpc) is 3.11. The molecule has 0 saturated carbocycles. The standard InChI is InChI=1S/C44H82NO7P/c1-6-8-10-12-14-16-18-20-21-22-23-24-26-28-30-32-34-36-39-49-41-43(42-51-53(47,48)50-40-38-45(3,4)5)52-44(46)37-35-33-31-29-27-25-19-17-15-13-11-9-7-2/h8,10,14,16-17,19-21,43H,6-7,9,11-13,15,18,22-42H2,1-5H3/b10-8-,16-14-,19-17-,21-20-. The lowest BCUT2D eigenvalue weighted by molar-refractivity contribution is -0.870. The number of carbonyl (C=O) groups excluding carboxylic acids is 1. The van der Waals surface area contributed by atoms with Gasteiger partial charge in [0.25, 0.3) is 7.82 Å². The number of phosphoric ester groups is 1. The highest BCUT2D eigenvalue weighted by atomic mass is 31.2. The van der Waals surface area contributed by atoms with Crippen molar-refractivity contribution >= 4 is 13.8 Å². The van der Waals surface area contributed by atoms with E-state index in [9.17, 15) is 14.3 Å². The highest BCUT2D eigenvalue weighted by Gasteiger charge is 2.20. The number of nitrogens with zero attached hydrogens (tertiary/aromatic N) is 1. The van der Waals surface area contributed by atoms with Crippen molar-refractivity contribution in [1.82, 2.24) is 0 Å². The number of hydrogen-bond donors (Lipinski definition) is 0. The lowest BCUT2D eigenvalue weighted by Crippen LogP contribution is -2.37. The van der Waals surface area contributed by atoms with Gasteiger partial charge < -0.3 is 27.9 Å². The zero-order chi connectivity index (χ0) is 39.1. The first-order valence-electron chi connectivity index (χ1n) is 21.4. The van der Waals surface area contributed by atoms with Gasteiger partial charge in [0, 0.05) is 13.0 Å².